The Morgan fingerprint density at radius 2 is 2.27 bits per heavy atom. The zero-order chi connectivity index (χ0) is 11.3. The first kappa shape index (κ1) is 12.5. The van der Waals surface area contributed by atoms with Crippen LogP contribution in [0.5, 0.6) is 0 Å². The van der Waals surface area contributed by atoms with Crippen molar-refractivity contribution in [2.45, 2.75) is 25.7 Å². The fourth-order valence-electron chi connectivity index (χ4n) is 1.31. The molecule has 15 heavy (non-hydrogen) atoms. The van der Waals surface area contributed by atoms with E-state index in [1.807, 2.05) is 6.07 Å². The Morgan fingerprint density at radius 3 is 2.80 bits per heavy atom. The second-order valence-electron chi connectivity index (χ2n) is 4.07. The molecule has 0 saturated carbocycles. The van der Waals surface area contributed by atoms with E-state index in [9.17, 15) is 0 Å². The van der Waals surface area contributed by atoms with Crippen molar-refractivity contribution in [3.05, 3.63) is 21.3 Å². The van der Waals surface area contributed by atoms with Crippen LogP contribution in [0.4, 0.5) is 0 Å². The molecular formula is C11H15ClN2S. The lowest BCUT2D eigenvalue weighted by Gasteiger charge is -2.23. The topological polar surface area (TPSA) is 35.8 Å². The molecule has 0 bridgehead atoms. The smallest absolute Gasteiger partial charge is 0.0931 e. The fraction of sp³-hybridized carbons (Fsp3) is 0.545. The lowest BCUT2D eigenvalue weighted by atomic mass is 9.91. The molecule has 0 aliphatic rings. The van der Waals surface area contributed by atoms with E-state index in [0.717, 1.165) is 17.4 Å². The minimum absolute atomic E-state index is 0.0766. The first-order valence-electron chi connectivity index (χ1n) is 4.90. The van der Waals surface area contributed by atoms with Gasteiger partial charge in [-0.25, -0.2) is 0 Å². The number of hydrogen-bond donors (Lipinski definition) is 1. The SMILES string of the molecule is CC(C)(CNCCC#N)c1ccc(Cl)s1. The highest BCUT2D eigenvalue weighted by atomic mass is 35.5. The van der Waals surface area contributed by atoms with Crippen molar-refractivity contribution in [1.29, 1.82) is 5.26 Å². The fourth-order valence-corrected chi connectivity index (χ4v) is 2.45. The molecule has 1 aromatic heterocycles. The summed E-state index contributed by atoms with van der Waals surface area (Å²) >= 11 is 7.52. The van der Waals surface area contributed by atoms with Crippen molar-refractivity contribution >= 4 is 22.9 Å². The maximum Gasteiger partial charge on any atom is 0.0931 e. The van der Waals surface area contributed by atoms with E-state index < -0.39 is 0 Å². The van der Waals surface area contributed by atoms with Crippen LogP contribution in [0.15, 0.2) is 12.1 Å². The van der Waals surface area contributed by atoms with Gasteiger partial charge in [0, 0.05) is 29.8 Å². The van der Waals surface area contributed by atoms with Gasteiger partial charge >= 0.3 is 0 Å². The van der Waals surface area contributed by atoms with E-state index in [1.54, 1.807) is 11.3 Å². The Balaban J connectivity index is 2.48. The van der Waals surface area contributed by atoms with Gasteiger partial charge in [-0.1, -0.05) is 25.4 Å². The summed E-state index contributed by atoms with van der Waals surface area (Å²) in [5.74, 6) is 0. The van der Waals surface area contributed by atoms with Gasteiger partial charge in [-0.3, -0.25) is 0 Å². The van der Waals surface area contributed by atoms with Crippen molar-refractivity contribution in [3.8, 4) is 6.07 Å². The highest BCUT2D eigenvalue weighted by Gasteiger charge is 2.21. The standard InChI is InChI=1S/C11H15ClN2S/c1-11(2,8-14-7-3-6-13)9-4-5-10(12)15-9/h4-5,14H,3,7-8H2,1-2H3. The Kier molecular flexibility index (Phi) is 4.59. The van der Waals surface area contributed by atoms with Gasteiger partial charge in [0.25, 0.3) is 0 Å². The predicted molar refractivity (Wildman–Crippen MR) is 65.5 cm³/mol. The zero-order valence-electron chi connectivity index (χ0n) is 9.01. The van der Waals surface area contributed by atoms with E-state index in [-0.39, 0.29) is 5.41 Å². The second-order valence-corrected chi connectivity index (χ2v) is 5.79. The van der Waals surface area contributed by atoms with E-state index in [0.29, 0.717) is 6.42 Å². The minimum atomic E-state index is 0.0766. The summed E-state index contributed by atoms with van der Waals surface area (Å²) in [5.41, 5.74) is 0.0766. The molecule has 0 fully saturated rings. The Morgan fingerprint density at radius 1 is 1.53 bits per heavy atom. The summed E-state index contributed by atoms with van der Waals surface area (Å²) in [5, 5.41) is 11.7. The van der Waals surface area contributed by atoms with Crippen LogP contribution in [0.2, 0.25) is 4.34 Å². The van der Waals surface area contributed by atoms with Gasteiger partial charge in [0.1, 0.15) is 0 Å². The summed E-state index contributed by atoms with van der Waals surface area (Å²) in [4.78, 5) is 1.27. The third-order valence-electron chi connectivity index (χ3n) is 2.22. The van der Waals surface area contributed by atoms with Gasteiger partial charge in [0.2, 0.25) is 0 Å². The first-order chi connectivity index (χ1) is 7.06. The van der Waals surface area contributed by atoms with E-state index in [2.05, 4.69) is 31.3 Å². The maximum absolute atomic E-state index is 8.41. The van der Waals surface area contributed by atoms with Crippen LogP contribution >= 0.6 is 22.9 Å². The average Bonchev–Trinajstić information content (AvgIpc) is 2.60. The van der Waals surface area contributed by atoms with Crippen LogP contribution in [-0.4, -0.2) is 13.1 Å². The van der Waals surface area contributed by atoms with Crippen LogP contribution < -0.4 is 5.32 Å². The zero-order valence-corrected chi connectivity index (χ0v) is 10.6. The maximum atomic E-state index is 8.41. The molecule has 0 radical (unpaired) electrons. The third-order valence-corrected chi connectivity index (χ3v) is 3.82. The number of hydrogen-bond acceptors (Lipinski definition) is 3. The highest BCUT2D eigenvalue weighted by molar-refractivity contribution is 7.16. The van der Waals surface area contributed by atoms with E-state index >= 15 is 0 Å². The van der Waals surface area contributed by atoms with Gasteiger partial charge in [0.15, 0.2) is 0 Å². The predicted octanol–water partition coefficient (Wildman–Crippen LogP) is 3.18. The molecule has 82 valence electrons. The highest BCUT2D eigenvalue weighted by Crippen LogP contribution is 2.31. The van der Waals surface area contributed by atoms with Crippen molar-refractivity contribution in [3.63, 3.8) is 0 Å². The van der Waals surface area contributed by atoms with Gasteiger partial charge < -0.3 is 5.32 Å². The molecule has 0 amide bonds. The monoisotopic (exact) mass is 242 g/mol. The van der Waals surface area contributed by atoms with Gasteiger partial charge in [-0.2, -0.15) is 5.26 Å². The minimum Gasteiger partial charge on any atom is -0.315 e. The number of nitriles is 1. The lowest BCUT2D eigenvalue weighted by molar-refractivity contribution is 0.481. The molecule has 2 nitrogen and oxygen atoms in total. The van der Waals surface area contributed by atoms with Crippen LogP contribution in [0.25, 0.3) is 0 Å². The summed E-state index contributed by atoms with van der Waals surface area (Å²) in [7, 11) is 0. The summed E-state index contributed by atoms with van der Waals surface area (Å²) in [6.45, 7) is 5.97. The van der Waals surface area contributed by atoms with Crippen LogP contribution in [0.1, 0.15) is 25.1 Å². The third kappa shape index (κ3) is 3.83. The molecule has 0 aliphatic heterocycles. The van der Waals surface area contributed by atoms with E-state index in [4.69, 9.17) is 16.9 Å². The Bertz CT molecular complexity index is 352. The van der Waals surface area contributed by atoms with Gasteiger partial charge in [-0.05, 0) is 12.1 Å². The number of thiophene rings is 1. The number of nitrogens with one attached hydrogen (secondary N) is 1. The number of halogens is 1. The molecule has 0 saturated heterocycles. The molecule has 1 heterocycles. The van der Waals surface area contributed by atoms with Crippen molar-refractivity contribution in [2.24, 2.45) is 0 Å². The van der Waals surface area contributed by atoms with Crippen LogP contribution in [0.3, 0.4) is 0 Å². The van der Waals surface area contributed by atoms with Crippen molar-refractivity contribution in [2.75, 3.05) is 13.1 Å². The van der Waals surface area contributed by atoms with Gasteiger partial charge in [0.05, 0.1) is 10.4 Å². The van der Waals surface area contributed by atoms with Crippen molar-refractivity contribution < 1.29 is 0 Å². The molecule has 0 aromatic carbocycles. The van der Waals surface area contributed by atoms with E-state index in [1.165, 1.54) is 4.88 Å². The first-order valence-corrected chi connectivity index (χ1v) is 6.09. The summed E-state index contributed by atoms with van der Waals surface area (Å²) in [6, 6.07) is 6.11. The molecule has 1 aromatic rings. The number of nitrogens with zero attached hydrogens (tertiary/aromatic N) is 1. The Labute approximate surface area is 99.9 Å². The average molecular weight is 243 g/mol. The Hall–Kier alpha value is -0.560. The summed E-state index contributed by atoms with van der Waals surface area (Å²) < 4.78 is 0.829. The molecule has 1 rings (SSSR count). The second kappa shape index (κ2) is 5.50. The van der Waals surface area contributed by atoms with Crippen molar-refractivity contribution in [1.82, 2.24) is 5.32 Å². The molecule has 0 spiro atoms. The quantitative estimate of drug-likeness (QED) is 0.805. The normalized spacial score (nSPS) is 11.3. The molecule has 0 unspecified atom stereocenters. The van der Waals surface area contributed by atoms with Crippen LogP contribution in [0, 0.1) is 11.3 Å². The molecular weight excluding hydrogens is 228 g/mol. The summed E-state index contributed by atoms with van der Waals surface area (Å²) in [6.07, 6.45) is 0.557. The molecule has 4 heteroatoms. The number of rotatable bonds is 5. The lowest BCUT2D eigenvalue weighted by Crippen LogP contribution is -2.32. The largest absolute Gasteiger partial charge is 0.315 e. The van der Waals surface area contributed by atoms with Crippen LogP contribution in [-0.2, 0) is 5.41 Å². The molecule has 1 N–H and O–H groups in total. The van der Waals surface area contributed by atoms with Gasteiger partial charge in [-0.15, -0.1) is 11.3 Å². The molecule has 0 aliphatic carbocycles. The molecule has 0 atom stereocenters.